The lowest BCUT2D eigenvalue weighted by Gasteiger charge is -2.22. The van der Waals surface area contributed by atoms with E-state index in [-0.39, 0.29) is 0 Å². The molecule has 2 rings (SSSR count). The normalized spacial score (nSPS) is 19.7. The summed E-state index contributed by atoms with van der Waals surface area (Å²) in [4.78, 5) is 11.9. The Morgan fingerprint density at radius 3 is 2.78 bits per heavy atom. The van der Waals surface area contributed by atoms with Crippen LogP contribution in [0.2, 0.25) is 0 Å². The minimum Gasteiger partial charge on any atom is -0.316 e. The van der Waals surface area contributed by atoms with Crippen LogP contribution in [0.5, 0.6) is 0 Å². The molecule has 0 aromatic heterocycles. The molecule has 1 fully saturated rings. The highest BCUT2D eigenvalue weighted by Crippen LogP contribution is 2.16. The van der Waals surface area contributed by atoms with Gasteiger partial charge in [-0.05, 0) is 50.8 Å². The van der Waals surface area contributed by atoms with Gasteiger partial charge in [0, 0.05) is 12.8 Å². The first-order valence-electron chi connectivity index (χ1n) is 7.02. The van der Waals surface area contributed by atoms with E-state index in [1.165, 1.54) is 18.4 Å². The topological polar surface area (TPSA) is 29.1 Å². The zero-order valence-corrected chi connectivity index (χ0v) is 11.2. The second-order valence-corrected chi connectivity index (χ2v) is 5.45. The predicted octanol–water partition coefficient (Wildman–Crippen LogP) is 2.89. The molecule has 2 heteroatoms. The van der Waals surface area contributed by atoms with Gasteiger partial charge in [0.2, 0.25) is 0 Å². The van der Waals surface area contributed by atoms with Crippen LogP contribution in [-0.4, -0.2) is 18.9 Å². The third kappa shape index (κ3) is 4.26. The van der Waals surface area contributed by atoms with E-state index >= 15 is 0 Å². The summed E-state index contributed by atoms with van der Waals surface area (Å²) >= 11 is 0. The first kappa shape index (κ1) is 13.3. The number of piperidine rings is 1. The number of nitrogens with one attached hydrogen (secondary N) is 1. The van der Waals surface area contributed by atoms with Crippen LogP contribution in [0.15, 0.2) is 24.3 Å². The van der Waals surface area contributed by atoms with E-state index in [0.717, 1.165) is 31.5 Å². The smallest absolute Gasteiger partial charge is 0.137 e. The summed E-state index contributed by atoms with van der Waals surface area (Å²) < 4.78 is 0. The number of Topliss-reactive ketones (excluding diaryl/α,β-unsaturated/α-hetero) is 1. The predicted molar refractivity (Wildman–Crippen MR) is 74.7 cm³/mol. The number of hydrogen-bond acceptors (Lipinski definition) is 2. The third-order valence-electron chi connectivity index (χ3n) is 3.75. The maximum atomic E-state index is 11.9. The Bertz CT molecular complexity index is 377. The summed E-state index contributed by atoms with van der Waals surface area (Å²) in [5.41, 5.74) is 2.40. The fourth-order valence-corrected chi connectivity index (χ4v) is 2.56. The molecule has 0 aliphatic carbocycles. The van der Waals surface area contributed by atoms with Crippen molar-refractivity contribution >= 4 is 5.78 Å². The summed E-state index contributed by atoms with van der Waals surface area (Å²) in [7, 11) is 0. The largest absolute Gasteiger partial charge is 0.316 e. The average Bonchev–Trinajstić information content (AvgIpc) is 2.40. The van der Waals surface area contributed by atoms with Crippen LogP contribution in [0.4, 0.5) is 0 Å². The fraction of sp³-hybridized carbons (Fsp3) is 0.562. The molecular formula is C16H23NO. The van der Waals surface area contributed by atoms with Gasteiger partial charge in [-0.15, -0.1) is 0 Å². The molecule has 1 saturated heterocycles. The molecule has 1 aliphatic rings. The van der Waals surface area contributed by atoms with Crippen LogP contribution in [0.3, 0.4) is 0 Å². The van der Waals surface area contributed by atoms with Crippen LogP contribution < -0.4 is 5.32 Å². The van der Waals surface area contributed by atoms with Crippen molar-refractivity contribution in [3.05, 3.63) is 35.4 Å². The molecule has 1 heterocycles. The van der Waals surface area contributed by atoms with Gasteiger partial charge in [0.15, 0.2) is 0 Å². The Labute approximate surface area is 110 Å². The molecule has 1 aromatic carbocycles. The maximum Gasteiger partial charge on any atom is 0.137 e. The number of carbonyl (C=O) groups is 1. The van der Waals surface area contributed by atoms with E-state index in [0.29, 0.717) is 18.1 Å². The van der Waals surface area contributed by atoms with Crippen molar-refractivity contribution < 1.29 is 4.79 Å². The highest BCUT2D eigenvalue weighted by atomic mass is 16.1. The minimum absolute atomic E-state index is 0.379. The Morgan fingerprint density at radius 1 is 1.33 bits per heavy atom. The van der Waals surface area contributed by atoms with Gasteiger partial charge >= 0.3 is 0 Å². The molecule has 18 heavy (non-hydrogen) atoms. The van der Waals surface area contributed by atoms with Crippen molar-refractivity contribution in [1.82, 2.24) is 5.32 Å². The van der Waals surface area contributed by atoms with Crippen molar-refractivity contribution in [3.63, 3.8) is 0 Å². The van der Waals surface area contributed by atoms with E-state index in [4.69, 9.17) is 0 Å². The fourth-order valence-electron chi connectivity index (χ4n) is 2.56. The van der Waals surface area contributed by atoms with E-state index in [9.17, 15) is 4.79 Å². The van der Waals surface area contributed by atoms with E-state index in [1.807, 2.05) is 0 Å². The van der Waals surface area contributed by atoms with Gasteiger partial charge < -0.3 is 5.32 Å². The summed E-state index contributed by atoms with van der Waals surface area (Å²) in [5.74, 6) is 1.09. The Morgan fingerprint density at radius 2 is 2.11 bits per heavy atom. The summed E-state index contributed by atoms with van der Waals surface area (Å²) in [6.45, 7) is 4.31. The van der Waals surface area contributed by atoms with Crippen molar-refractivity contribution in [2.24, 2.45) is 5.92 Å². The second-order valence-electron chi connectivity index (χ2n) is 5.45. The number of benzene rings is 1. The molecule has 1 unspecified atom stereocenters. The van der Waals surface area contributed by atoms with Gasteiger partial charge in [-0.25, -0.2) is 0 Å². The second kappa shape index (κ2) is 6.69. The van der Waals surface area contributed by atoms with Crippen LogP contribution in [0.25, 0.3) is 0 Å². The van der Waals surface area contributed by atoms with E-state index in [2.05, 4.69) is 36.5 Å². The van der Waals surface area contributed by atoms with Crippen LogP contribution in [0.1, 0.15) is 36.8 Å². The van der Waals surface area contributed by atoms with Gasteiger partial charge in [-0.1, -0.05) is 29.8 Å². The van der Waals surface area contributed by atoms with Gasteiger partial charge in [-0.3, -0.25) is 4.79 Å². The lowest BCUT2D eigenvalue weighted by molar-refractivity contribution is -0.118. The molecule has 0 spiro atoms. The average molecular weight is 245 g/mol. The molecule has 0 bridgehead atoms. The molecule has 1 N–H and O–H groups in total. The van der Waals surface area contributed by atoms with Crippen LogP contribution in [0, 0.1) is 12.8 Å². The Kier molecular flexibility index (Phi) is 4.94. The van der Waals surface area contributed by atoms with Gasteiger partial charge in [0.1, 0.15) is 5.78 Å². The number of rotatable bonds is 5. The van der Waals surface area contributed by atoms with Gasteiger partial charge in [0.25, 0.3) is 0 Å². The quantitative estimate of drug-likeness (QED) is 0.864. The number of carbonyl (C=O) groups excluding carboxylic acids is 1. The molecule has 1 aliphatic heterocycles. The molecule has 0 saturated carbocycles. The molecule has 1 atom stereocenters. The highest BCUT2D eigenvalue weighted by molar-refractivity contribution is 5.80. The third-order valence-corrected chi connectivity index (χ3v) is 3.75. The summed E-state index contributed by atoms with van der Waals surface area (Å²) in [5, 5.41) is 3.40. The van der Waals surface area contributed by atoms with Crippen molar-refractivity contribution in [3.8, 4) is 0 Å². The zero-order valence-electron chi connectivity index (χ0n) is 11.2. The van der Waals surface area contributed by atoms with Crippen LogP contribution in [-0.2, 0) is 11.2 Å². The molecule has 2 nitrogen and oxygen atoms in total. The molecule has 1 aromatic rings. The molecular weight excluding hydrogens is 222 g/mol. The monoisotopic (exact) mass is 245 g/mol. The van der Waals surface area contributed by atoms with E-state index in [1.54, 1.807) is 0 Å². The Hall–Kier alpha value is -1.15. The van der Waals surface area contributed by atoms with Gasteiger partial charge in [0.05, 0.1) is 0 Å². The van der Waals surface area contributed by atoms with Crippen molar-refractivity contribution in [1.29, 1.82) is 0 Å². The van der Waals surface area contributed by atoms with E-state index < -0.39 is 0 Å². The first-order valence-corrected chi connectivity index (χ1v) is 7.02. The van der Waals surface area contributed by atoms with Gasteiger partial charge in [-0.2, -0.15) is 0 Å². The van der Waals surface area contributed by atoms with Crippen molar-refractivity contribution in [2.45, 2.75) is 39.0 Å². The number of ketones is 1. The summed E-state index contributed by atoms with van der Waals surface area (Å²) in [6, 6.07) is 8.28. The standard InChI is InChI=1S/C16H23NO/c1-13-4-6-14(7-5-13)11-16(18)9-8-15-3-2-10-17-12-15/h4-7,15,17H,2-3,8-12H2,1H3. The number of hydrogen-bond donors (Lipinski definition) is 1. The lowest BCUT2D eigenvalue weighted by Crippen LogP contribution is -2.30. The number of aryl methyl sites for hydroxylation is 1. The Balaban J connectivity index is 1.73. The SMILES string of the molecule is Cc1ccc(CC(=O)CCC2CCCNC2)cc1. The first-order chi connectivity index (χ1) is 8.74. The molecule has 0 radical (unpaired) electrons. The summed E-state index contributed by atoms with van der Waals surface area (Å²) in [6.07, 6.45) is 4.93. The minimum atomic E-state index is 0.379. The highest BCUT2D eigenvalue weighted by Gasteiger charge is 2.14. The maximum absolute atomic E-state index is 11.9. The molecule has 0 amide bonds. The zero-order chi connectivity index (χ0) is 12.8. The van der Waals surface area contributed by atoms with Crippen LogP contribution >= 0.6 is 0 Å². The molecule has 98 valence electrons. The lowest BCUT2D eigenvalue weighted by atomic mass is 9.92. The van der Waals surface area contributed by atoms with Crippen molar-refractivity contribution in [2.75, 3.05) is 13.1 Å².